The average Bonchev–Trinajstić information content (AvgIpc) is 3.01. The maximum absolute atomic E-state index is 11.0. The number of nitrogens with one attached hydrogen (secondary N) is 1. The van der Waals surface area contributed by atoms with Crippen molar-refractivity contribution in [2.24, 2.45) is 5.92 Å². The van der Waals surface area contributed by atoms with Crippen LogP contribution in [0.15, 0.2) is 18.2 Å². The van der Waals surface area contributed by atoms with Crippen molar-refractivity contribution in [3.05, 3.63) is 29.3 Å². The second-order valence-electron chi connectivity index (χ2n) is 4.51. The van der Waals surface area contributed by atoms with Crippen molar-refractivity contribution < 1.29 is 9.90 Å². The normalized spacial score (nSPS) is 14.8. The van der Waals surface area contributed by atoms with Crippen LogP contribution < -0.4 is 5.32 Å². The van der Waals surface area contributed by atoms with Crippen LogP contribution >= 0.6 is 0 Å². The van der Waals surface area contributed by atoms with Gasteiger partial charge in [-0.25, -0.2) is 4.79 Å². The first-order valence-electron chi connectivity index (χ1n) is 5.74. The van der Waals surface area contributed by atoms with Gasteiger partial charge in [0.05, 0.1) is 5.56 Å². The summed E-state index contributed by atoms with van der Waals surface area (Å²) in [5.41, 5.74) is 2.19. The monoisotopic (exact) mass is 219 g/mol. The molecule has 3 nitrogen and oxygen atoms in total. The van der Waals surface area contributed by atoms with Crippen LogP contribution in [0.3, 0.4) is 0 Å². The number of anilines is 1. The molecule has 0 bridgehead atoms. The number of aryl methyl sites for hydroxylation is 1. The maximum atomic E-state index is 11.0. The first-order valence-corrected chi connectivity index (χ1v) is 5.74. The van der Waals surface area contributed by atoms with Crippen molar-refractivity contribution >= 4 is 11.7 Å². The van der Waals surface area contributed by atoms with Crippen LogP contribution in [-0.4, -0.2) is 17.6 Å². The number of benzene rings is 1. The first-order chi connectivity index (χ1) is 7.66. The van der Waals surface area contributed by atoms with E-state index in [9.17, 15) is 4.79 Å². The van der Waals surface area contributed by atoms with Crippen molar-refractivity contribution in [3.63, 3.8) is 0 Å². The quantitative estimate of drug-likeness (QED) is 0.800. The minimum atomic E-state index is -0.867. The molecule has 1 fully saturated rings. The highest BCUT2D eigenvalue weighted by atomic mass is 16.4. The molecule has 86 valence electrons. The predicted molar refractivity (Wildman–Crippen MR) is 64.0 cm³/mol. The van der Waals surface area contributed by atoms with Crippen LogP contribution in [0.2, 0.25) is 0 Å². The zero-order valence-corrected chi connectivity index (χ0v) is 9.49. The Labute approximate surface area is 95.5 Å². The molecule has 0 heterocycles. The van der Waals surface area contributed by atoms with Crippen LogP contribution in [-0.2, 0) is 0 Å². The summed E-state index contributed by atoms with van der Waals surface area (Å²) in [6.07, 6.45) is 3.82. The molecule has 0 spiro atoms. The zero-order valence-electron chi connectivity index (χ0n) is 9.49. The lowest BCUT2D eigenvalue weighted by Gasteiger charge is -2.10. The zero-order chi connectivity index (χ0) is 11.5. The van der Waals surface area contributed by atoms with E-state index in [1.165, 1.54) is 12.8 Å². The van der Waals surface area contributed by atoms with Crippen LogP contribution in [0, 0.1) is 12.8 Å². The lowest BCUT2D eigenvalue weighted by molar-refractivity contribution is 0.0698. The summed E-state index contributed by atoms with van der Waals surface area (Å²) in [6.45, 7) is 2.84. The standard InChI is InChI=1S/C13H17NO2/c1-9-2-5-11(13(15)16)12(8-9)14-7-6-10-3-4-10/h2,5,8,10,14H,3-4,6-7H2,1H3,(H,15,16). The van der Waals surface area contributed by atoms with Gasteiger partial charge in [-0.2, -0.15) is 0 Å². The Morgan fingerprint density at radius 3 is 2.88 bits per heavy atom. The SMILES string of the molecule is Cc1ccc(C(=O)O)c(NCCC2CC2)c1. The Morgan fingerprint density at radius 1 is 1.50 bits per heavy atom. The van der Waals surface area contributed by atoms with Crippen molar-refractivity contribution in [2.75, 3.05) is 11.9 Å². The van der Waals surface area contributed by atoms with Gasteiger partial charge in [0.1, 0.15) is 0 Å². The molecule has 1 aromatic carbocycles. The number of hydrogen-bond acceptors (Lipinski definition) is 2. The molecule has 3 heteroatoms. The van der Waals surface area contributed by atoms with Gasteiger partial charge in [0, 0.05) is 12.2 Å². The molecule has 0 unspecified atom stereocenters. The van der Waals surface area contributed by atoms with E-state index in [4.69, 9.17) is 5.11 Å². The Bertz CT molecular complexity index is 397. The van der Waals surface area contributed by atoms with Gasteiger partial charge >= 0.3 is 5.97 Å². The Hall–Kier alpha value is -1.51. The second kappa shape index (κ2) is 4.56. The molecule has 2 N–H and O–H groups in total. The minimum Gasteiger partial charge on any atom is -0.478 e. The molecule has 0 saturated heterocycles. The fourth-order valence-corrected chi connectivity index (χ4v) is 1.81. The molecule has 1 aliphatic carbocycles. The molecule has 2 rings (SSSR count). The largest absolute Gasteiger partial charge is 0.478 e. The van der Waals surface area contributed by atoms with Crippen molar-refractivity contribution in [3.8, 4) is 0 Å². The third-order valence-corrected chi connectivity index (χ3v) is 2.97. The first kappa shape index (κ1) is 11.0. The fraction of sp³-hybridized carbons (Fsp3) is 0.462. The molecule has 0 aromatic heterocycles. The number of hydrogen-bond donors (Lipinski definition) is 2. The van der Waals surface area contributed by atoms with Crippen molar-refractivity contribution in [1.29, 1.82) is 0 Å². The molecule has 0 amide bonds. The van der Waals surface area contributed by atoms with Gasteiger partial charge in [0.15, 0.2) is 0 Å². The molecular formula is C13H17NO2. The molecule has 0 radical (unpaired) electrons. The highest BCUT2D eigenvalue weighted by Gasteiger charge is 2.20. The topological polar surface area (TPSA) is 49.3 Å². The molecule has 16 heavy (non-hydrogen) atoms. The molecule has 1 aliphatic rings. The van der Waals surface area contributed by atoms with E-state index in [1.807, 2.05) is 19.1 Å². The van der Waals surface area contributed by atoms with Gasteiger partial charge in [0.2, 0.25) is 0 Å². The molecule has 1 saturated carbocycles. The minimum absolute atomic E-state index is 0.362. The number of carboxylic acids is 1. The van der Waals surface area contributed by atoms with Crippen LogP contribution in [0.4, 0.5) is 5.69 Å². The van der Waals surface area contributed by atoms with Crippen molar-refractivity contribution in [1.82, 2.24) is 0 Å². The van der Waals surface area contributed by atoms with Gasteiger partial charge < -0.3 is 10.4 Å². The Balaban J connectivity index is 2.03. The lowest BCUT2D eigenvalue weighted by Crippen LogP contribution is -2.08. The summed E-state index contributed by atoms with van der Waals surface area (Å²) < 4.78 is 0. The molecule has 0 atom stereocenters. The number of carboxylic acid groups (broad SMARTS) is 1. The van der Waals surface area contributed by atoms with Crippen molar-refractivity contribution in [2.45, 2.75) is 26.2 Å². The van der Waals surface area contributed by atoms with E-state index in [0.29, 0.717) is 5.56 Å². The van der Waals surface area contributed by atoms with Gasteiger partial charge in [-0.3, -0.25) is 0 Å². The van der Waals surface area contributed by atoms with Gasteiger partial charge in [-0.05, 0) is 37.0 Å². The van der Waals surface area contributed by atoms with E-state index in [2.05, 4.69) is 5.32 Å². The summed E-state index contributed by atoms with van der Waals surface area (Å²) >= 11 is 0. The molecule has 1 aromatic rings. The lowest BCUT2D eigenvalue weighted by atomic mass is 10.1. The highest BCUT2D eigenvalue weighted by Crippen LogP contribution is 2.32. The summed E-state index contributed by atoms with van der Waals surface area (Å²) in [4.78, 5) is 11.0. The van der Waals surface area contributed by atoms with Gasteiger partial charge in [-0.15, -0.1) is 0 Å². The highest BCUT2D eigenvalue weighted by molar-refractivity contribution is 5.94. The van der Waals surface area contributed by atoms with Crippen LogP contribution in [0.1, 0.15) is 35.2 Å². The Kier molecular flexibility index (Phi) is 3.13. The average molecular weight is 219 g/mol. The Morgan fingerprint density at radius 2 is 2.25 bits per heavy atom. The predicted octanol–water partition coefficient (Wildman–Crippen LogP) is 2.91. The smallest absolute Gasteiger partial charge is 0.337 e. The number of carbonyl (C=O) groups is 1. The van der Waals surface area contributed by atoms with E-state index >= 15 is 0 Å². The third kappa shape index (κ3) is 2.75. The number of rotatable bonds is 5. The fourth-order valence-electron chi connectivity index (χ4n) is 1.81. The van der Waals surface area contributed by atoms with Gasteiger partial charge in [-0.1, -0.05) is 18.9 Å². The number of aromatic carboxylic acids is 1. The van der Waals surface area contributed by atoms with E-state index in [1.54, 1.807) is 6.07 Å². The summed E-state index contributed by atoms with van der Waals surface area (Å²) in [5.74, 6) is -0.000454. The summed E-state index contributed by atoms with van der Waals surface area (Å²) in [5, 5.41) is 12.3. The van der Waals surface area contributed by atoms with E-state index < -0.39 is 5.97 Å². The third-order valence-electron chi connectivity index (χ3n) is 2.97. The molecule has 0 aliphatic heterocycles. The second-order valence-corrected chi connectivity index (χ2v) is 4.51. The molecular weight excluding hydrogens is 202 g/mol. The van der Waals surface area contributed by atoms with Gasteiger partial charge in [0.25, 0.3) is 0 Å². The van der Waals surface area contributed by atoms with E-state index in [-0.39, 0.29) is 0 Å². The summed E-state index contributed by atoms with van der Waals surface area (Å²) in [6, 6.07) is 5.39. The van der Waals surface area contributed by atoms with Crippen LogP contribution in [0.25, 0.3) is 0 Å². The van der Waals surface area contributed by atoms with Crippen LogP contribution in [0.5, 0.6) is 0 Å². The van der Waals surface area contributed by atoms with E-state index in [0.717, 1.165) is 30.1 Å². The summed E-state index contributed by atoms with van der Waals surface area (Å²) in [7, 11) is 0. The maximum Gasteiger partial charge on any atom is 0.337 e.